The number of thiazole rings is 1. The number of pyridine rings is 1. The number of ether oxygens (including phenoxy) is 1. The molecule has 0 atom stereocenters. The van der Waals surface area contributed by atoms with Crippen LogP contribution >= 0.6 is 23.1 Å². The summed E-state index contributed by atoms with van der Waals surface area (Å²) in [7, 11) is 0. The number of carbonyl (C=O) groups is 1. The molecule has 0 spiro atoms. The van der Waals surface area contributed by atoms with Crippen molar-refractivity contribution < 1.29 is 14.6 Å². The molecule has 3 heterocycles. The van der Waals surface area contributed by atoms with Crippen LogP contribution in [0.1, 0.15) is 51.6 Å². The number of hydrogen-bond acceptors (Lipinski definition) is 6. The van der Waals surface area contributed by atoms with Gasteiger partial charge in [0.05, 0.1) is 16.6 Å². The number of thioether (sulfide) groups is 1. The fourth-order valence-electron chi connectivity index (χ4n) is 5.36. The van der Waals surface area contributed by atoms with Crippen LogP contribution in [0.15, 0.2) is 95.3 Å². The highest BCUT2D eigenvalue weighted by Crippen LogP contribution is 2.44. The van der Waals surface area contributed by atoms with E-state index in [1.54, 1.807) is 36.9 Å². The Bertz CT molecular complexity index is 1970. The van der Waals surface area contributed by atoms with Gasteiger partial charge in [0.15, 0.2) is 0 Å². The summed E-state index contributed by atoms with van der Waals surface area (Å²) in [5.74, 6) is -0.0621. The zero-order valence-electron chi connectivity index (χ0n) is 26.2. The van der Waals surface area contributed by atoms with E-state index in [4.69, 9.17) is 9.72 Å². The van der Waals surface area contributed by atoms with Crippen molar-refractivity contribution in [1.29, 1.82) is 0 Å². The van der Waals surface area contributed by atoms with E-state index in [1.165, 1.54) is 0 Å². The Morgan fingerprint density at radius 2 is 1.76 bits per heavy atom. The maximum Gasteiger partial charge on any atom is 0.309 e. The standard InChI is InChI=1S/C37H37N3O3S2/c1-36(2,3)45-33-29-20-28(43-23-27-15-14-25-8-6-7-9-30(25)39-27)16-17-31(29)40(32(33)21-37(4,5)35(41)42)22-24-10-12-26(13-11-24)34-38-18-19-44-34/h6-20H,21-23H2,1-5H3,(H,41,42). The van der Waals surface area contributed by atoms with E-state index >= 15 is 0 Å². The Kier molecular flexibility index (Phi) is 8.46. The molecule has 6 aromatic rings. The third-order valence-electron chi connectivity index (χ3n) is 7.70. The smallest absolute Gasteiger partial charge is 0.309 e. The normalized spacial score (nSPS) is 12.2. The van der Waals surface area contributed by atoms with Gasteiger partial charge in [0.25, 0.3) is 0 Å². The predicted molar refractivity (Wildman–Crippen MR) is 185 cm³/mol. The van der Waals surface area contributed by atoms with Crippen molar-refractivity contribution in [3.8, 4) is 16.3 Å². The van der Waals surface area contributed by atoms with Crippen LogP contribution in [-0.4, -0.2) is 30.4 Å². The molecule has 3 aromatic heterocycles. The van der Waals surface area contributed by atoms with Gasteiger partial charge in [-0.2, -0.15) is 0 Å². The van der Waals surface area contributed by atoms with Crippen molar-refractivity contribution in [2.75, 3.05) is 0 Å². The first-order valence-electron chi connectivity index (χ1n) is 15.0. The minimum atomic E-state index is -0.949. The van der Waals surface area contributed by atoms with E-state index in [0.29, 0.717) is 19.6 Å². The average Bonchev–Trinajstić information content (AvgIpc) is 3.63. The van der Waals surface area contributed by atoms with Gasteiger partial charge < -0.3 is 14.4 Å². The third-order valence-corrected chi connectivity index (χ3v) is 9.80. The molecule has 0 fully saturated rings. The minimum Gasteiger partial charge on any atom is -0.487 e. The number of fused-ring (bicyclic) bond motifs is 2. The van der Waals surface area contributed by atoms with E-state index in [9.17, 15) is 9.90 Å². The highest BCUT2D eigenvalue weighted by Gasteiger charge is 2.33. The fourth-order valence-corrected chi connectivity index (χ4v) is 7.19. The first kappa shape index (κ1) is 30.9. The summed E-state index contributed by atoms with van der Waals surface area (Å²) in [6.45, 7) is 11.1. The van der Waals surface area contributed by atoms with E-state index in [0.717, 1.165) is 60.0 Å². The second-order valence-electron chi connectivity index (χ2n) is 12.9. The number of rotatable bonds is 10. The SMILES string of the molecule is CC(C)(C)Sc1c(CC(C)(C)C(=O)O)n(Cc2ccc(-c3nccs3)cc2)c2ccc(OCc3ccc4ccccc4n3)cc12. The number of para-hydroxylation sites is 1. The van der Waals surface area contributed by atoms with E-state index < -0.39 is 11.4 Å². The largest absolute Gasteiger partial charge is 0.487 e. The van der Waals surface area contributed by atoms with Gasteiger partial charge in [0.1, 0.15) is 17.4 Å². The molecule has 1 N–H and O–H groups in total. The number of nitrogens with zero attached hydrogens (tertiary/aromatic N) is 3. The van der Waals surface area contributed by atoms with Crippen LogP contribution in [0, 0.1) is 5.41 Å². The fraction of sp³-hybridized carbons (Fsp3) is 0.270. The van der Waals surface area contributed by atoms with Crippen molar-refractivity contribution in [3.05, 3.63) is 107 Å². The summed E-state index contributed by atoms with van der Waals surface area (Å²) >= 11 is 3.40. The molecule has 45 heavy (non-hydrogen) atoms. The van der Waals surface area contributed by atoms with Crippen LogP contribution in [0.2, 0.25) is 0 Å². The maximum atomic E-state index is 12.4. The Morgan fingerprint density at radius 3 is 2.47 bits per heavy atom. The van der Waals surface area contributed by atoms with Crippen molar-refractivity contribution in [2.45, 2.75) is 63.8 Å². The van der Waals surface area contributed by atoms with Crippen LogP contribution in [0.5, 0.6) is 5.75 Å². The van der Waals surface area contributed by atoms with Gasteiger partial charge in [-0.15, -0.1) is 23.1 Å². The van der Waals surface area contributed by atoms with Crippen molar-refractivity contribution >= 4 is 50.9 Å². The van der Waals surface area contributed by atoms with Crippen LogP contribution in [0.25, 0.3) is 32.4 Å². The van der Waals surface area contributed by atoms with Gasteiger partial charge in [0, 0.05) is 61.7 Å². The minimum absolute atomic E-state index is 0.0948. The molecule has 0 amide bonds. The van der Waals surface area contributed by atoms with E-state index in [1.807, 2.05) is 41.9 Å². The molecule has 6 rings (SSSR count). The van der Waals surface area contributed by atoms with Gasteiger partial charge in [-0.25, -0.2) is 9.97 Å². The average molecular weight is 636 g/mol. The van der Waals surface area contributed by atoms with Gasteiger partial charge in [-0.05, 0) is 49.7 Å². The summed E-state index contributed by atoms with van der Waals surface area (Å²) in [5, 5.41) is 15.3. The lowest BCUT2D eigenvalue weighted by molar-refractivity contribution is -0.146. The maximum absolute atomic E-state index is 12.4. The molecule has 6 nitrogen and oxygen atoms in total. The molecule has 0 unspecified atom stereocenters. The molecule has 0 radical (unpaired) electrons. The molecular weight excluding hydrogens is 599 g/mol. The summed E-state index contributed by atoms with van der Waals surface area (Å²) in [5.41, 5.74) is 5.16. The lowest BCUT2D eigenvalue weighted by atomic mass is 9.88. The summed E-state index contributed by atoms with van der Waals surface area (Å²) in [6, 6.07) is 26.8. The topological polar surface area (TPSA) is 77.2 Å². The zero-order valence-corrected chi connectivity index (χ0v) is 27.8. The summed E-state index contributed by atoms with van der Waals surface area (Å²) in [6.07, 6.45) is 2.21. The van der Waals surface area contributed by atoms with Crippen molar-refractivity contribution in [1.82, 2.24) is 14.5 Å². The summed E-state index contributed by atoms with van der Waals surface area (Å²) < 4.78 is 8.51. The van der Waals surface area contributed by atoms with Crippen LogP contribution in [0.3, 0.4) is 0 Å². The Hall–Kier alpha value is -4.14. The van der Waals surface area contributed by atoms with Crippen LogP contribution in [0.4, 0.5) is 0 Å². The van der Waals surface area contributed by atoms with Gasteiger partial charge in [-0.3, -0.25) is 4.79 Å². The predicted octanol–water partition coefficient (Wildman–Crippen LogP) is 9.48. The second kappa shape index (κ2) is 12.3. The zero-order chi connectivity index (χ0) is 31.8. The first-order chi connectivity index (χ1) is 21.5. The van der Waals surface area contributed by atoms with Crippen LogP contribution < -0.4 is 4.74 Å². The number of hydrogen-bond donors (Lipinski definition) is 1. The van der Waals surface area contributed by atoms with Gasteiger partial charge in [0.2, 0.25) is 0 Å². The first-order valence-corrected chi connectivity index (χ1v) is 16.7. The molecule has 3 aromatic carbocycles. The Morgan fingerprint density at radius 1 is 0.978 bits per heavy atom. The van der Waals surface area contributed by atoms with Gasteiger partial charge in [-0.1, -0.05) is 69.3 Å². The van der Waals surface area contributed by atoms with Gasteiger partial charge >= 0.3 is 5.97 Å². The lowest BCUT2D eigenvalue weighted by Gasteiger charge is -2.24. The number of aromatic nitrogens is 3. The summed E-state index contributed by atoms with van der Waals surface area (Å²) in [4.78, 5) is 22.7. The molecule has 0 saturated heterocycles. The number of aliphatic carboxylic acids is 1. The lowest BCUT2D eigenvalue weighted by Crippen LogP contribution is -2.28. The van der Waals surface area contributed by atoms with Crippen LogP contribution in [-0.2, 0) is 24.4 Å². The Labute approximate surface area is 272 Å². The number of benzene rings is 3. The number of carboxylic acid groups (broad SMARTS) is 1. The van der Waals surface area contributed by atoms with E-state index in [2.05, 4.69) is 78.9 Å². The molecule has 8 heteroatoms. The monoisotopic (exact) mass is 635 g/mol. The van der Waals surface area contributed by atoms with Crippen molar-refractivity contribution in [3.63, 3.8) is 0 Å². The van der Waals surface area contributed by atoms with Crippen molar-refractivity contribution in [2.24, 2.45) is 5.41 Å². The highest BCUT2D eigenvalue weighted by molar-refractivity contribution is 8.00. The molecule has 0 aliphatic carbocycles. The molecule has 0 aliphatic heterocycles. The molecule has 0 bridgehead atoms. The van der Waals surface area contributed by atoms with E-state index in [-0.39, 0.29) is 4.75 Å². The number of carboxylic acids is 1. The Balaban J connectivity index is 1.40. The quantitative estimate of drug-likeness (QED) is 0.151. The highest BCUT2D eigenvalue weighted by atomic mass is 32.2. The molecule has 0 aliphatic rings. The molecular formula is C37H37N3O3S2. The molecule has 0 saturated carbocycles. The second-order valence-corrected chi connectivity index (χ2v) is 15.7. The third kappa shape index (κ3) is 6.92. The molecule has 230 valence electrons.